The van der Waals surface area contributed by atoms with Gasteiger partial charge in [0.2, 0.25) is 0 Å². The average molecular weight is 285 g/mol. The number of benzene rings is 1. The van der Waals surface area contributed by atoms with Gasteiger partial charge in [-0.2, -0.15) is 0 Å². The van der Waals surface area contributed by atoms with Gasteiger partial charge in [-0.1, -0.05) is 60.8 Å². The maximum absolute atomic E-state index is 5.37. The van der Waals surface area contributed by atoms with Crippen molar-refractivity contribution in [3.63, 3.8) is 0 Å². The van der Waals surface area contributed by atoms with Gasteiger partial charge in [0.15, 0.2) is 0 Å². The summed E-state index contributed by atoms with van der Waals surface area (Å²) >= 11 is 3.81. The fraction of sp³-hybridized carbons (Fsp3) is 0.571. The molecule has 0 radical (unpaired) electrons. The minimum Gasteiger partial charge on any atom is -0.496 e. The Hall–Kier alpha value is -0.500. The summed E-state index contributed by atoms with van der Waals surface area (Å²) in [5, 5.41) is 0. The van der Waals surface area contributed by atoms with Crippen molar-refractivity contribution in [1.29, 1.82) is 0 Å². The first kappa shape index (κ1) is 13.6. The van der Waals surface area contributed by atoms with Crippen molar-refractivity contribution < 1.29 is 4.74 Å². The lowest BCUT2D eigenvalue weighted by Gasteiger charge is -2.20. The van der Waals surface area contributed by atoms with E-state index < -0.39 is 0 Å². The van der Waals surface area contributed by atoms with Gasteiger partial charge in [0.1, 0.15) is 5.75 Å². The molecule has 0 aliphatic carbocycles. The Bertz CT molecular complexity index is 307. The summed E-state index contributed by atoms with van der Waals surface area (Å²) in [5.74, 6) is 1.74. The Kier molecular flexibility index (Phi) is 5.89. The molecular formula is C14H21BrO. The minimum absolute atomic E-state index is 0.541. The van der Waals surface area contributed by atoms with Crippen LogP contribution in [0.1, 0.15) is 32.3 Å². The van der Waals surface area contributed by atoms with Crippen LogP contribution < -0.4 is 4.74 Å². The van der Waals surface area contributed by atoms with Crippen LogP contribution in [0, 0.1) is 5.92 Å². The van der Waals surface area contributed by atoms with Crippen molar-refractivity contribution >= 4 is 15.9 Å². The molecule has 0 aliphatic rings. The van der Waals surface area contributed by atoms with Crippen LogP contribution in [0.15, 0.2) is 24.3 Å². The number of hydrogen-bond donors (Lipinski definition) is 0. The van der Waals surface area contributed by atoms with E-state index in [1.807, 2.05) is 12.1 Å². The highest BCUT2D eigenvalue weighted by Gasteiger charge is 2.17. The first-order valence-electron chi connectivity index (χ1n) is 5.98. The van der Waals surface area contributed by atoms with Gasteiger partial charge in [0.25, 0.3) is 0 Å². The molecule has 0 saturated carbocycles. The summed E-state index contributed by atoms with van der Waals surface area (Å²) in [5.41, 5.74) is 1.29. The maximum Gasteiger partial charge on any atom is 0.122 e. The van der Waals surface area contributed by atoms with Gasteiger partial charge in [-0.05, 0) is 24.0 Å². The molecule has 1 rings (SSSR count). The zero-order valence-corrected chi connectivity index (χ0v) is 12.0. The van der Waals surface area contributed by atoms with Crippen LogP contribution in [-0.2, 0) is 6.42 Å². The Balaban J connectivity index is 2.71. The van der Waals surface area contributed by atoms with Crippen molar-refractivity contribution in [2.75, 3.05) is 7.11 Å². The first-order chi connectivity index (χ1) is 7.72. The highest BCUT2D eigenvalue weighted by molar-refractivity contribution is 9.09. The highest BCUT2D eigenvalue weighted by Crippen LogP contribution is 2.27. The van der Waals surface area contributed by atoms with Gasteiger partial charge in [-0.3, -0.25) is 0 Å². The second-order valence-electron chi connectivity index (χ2n) is 4.11. The van der Waals surface area contributed by atoms with Crippen LogP contribution in [-0.4, -0.2) is 11.9 Å². The molecule has 1 aromatic carbocycles. The molecular weight excluding hydrogens is 264 g/mol. The van der Waals surface area contributed by atoms with Crippen LogP contribution >= 0.6 is 15.9 Å². The Morgan fingerprint density at radius 3 is 2.38 bits per heavy atom. The number of methoxy groups -OCH3 is 1. The van der Waals surface area contributed by atoms with Crippen molar-refractivity contribution in [1.82, 2.24) is 0 Å². The predicted octanol–water partition coefficient (Wildman–Crippen LogP) is 4.44. The molecule has 1 aromatic rings. The molecule has 0 aromatic heterocycles. The van der Waals surface area contributed by atoms with Gasteiger partial charge < -0.3 is 4.74 Å². The molecule has 0 aliphatic heterocycles. The van der Waals surface area contributed by atoms with Crippen LogP contribution in [0.3, 0.4) is 0 Å². The lowest BCUT2D eigenvalue weighted by Crippen LogP contribution is -2.15. The number of alkyl halides is 1. The third-order valence-electron chi connectivity index (χ3n) is 3.17. The maximum atomic E-state index is 5.37. The third kappa shape index (κ3) is 3.51. The summed E-state index contributed by atoms with van der Waals surface area (Å²) in [4.78, 5) is 0.541. The molecule has 0 amide bonds. The van der Waals surface area contributed by atoms with E-state index >= 15 is 0 Å². The lowest BCUT2D eigenvalue weighted by atomic mass is 9.94. The topological polar surface area (TPSA) is 9.23 Å². The smallest absolute Gasteiger partial charge is 0.122 e. The van der Waals surface area contributed by atoms with Gasteiger partial charge in [0, 0.05) is 4.83 Å². The number of halogens is 1. The van der Waals surface area contributed by atoms with Crippen LogP contribution in [0.4, 0.5) is 0 Å². The SMILES string of the molecule is CCC(CC)C(Br)Cc1ccccc1OC. The Morgan fingerprint density at radius 2 is 1.81 bits per heavy atom. The molecule has 2 heteroatoms. The molecule has 1 unspecified atom stereocenters. The molecule has 1 nitrogen and oxygen atoms in total. The molecule has 16 heavy (non-hydrogen) atoms. The van der Waals surface area contributed by atoms with Crippen molar-refractivity contribution in [3.05, 3.63) is 29.8 Å². The van der Waals surface area contributed by atoms with E-state index in [0.717, 1.165) is 18.1 Å². The van der Waals surface area contributed by atoms with Crippen molar-refractivity contribution in [2.24, 2.45) is 5.92 Å². The quantitative estimate of drug-likeness (QED) is 0.702. The fourth-order valence-corrected chi connectivity index (χ4v) is 3.14. The summed E-state index contributed by atoms with van der Waals surface area (Å²) in [6.07, 6.45) is 3.49. The Morgan fingerprint density at radius 1 is 1.19 bits per heavy atom. The van der Waals surface area contributed by atoms with E-state index in [1.54, 1.807) is 7.11 Å². The summed E-state index contributed by atoms with van der Waals surface area (Å²) in [7, 11) is 1.74. The first-order valence-corrected chi connectivity index (χ1v) is 6.90. The standard InChI is InChI=1S/C14H21BrO/c1-4-11(5-2)13(15)10-12-8-6-7-9-14(12)16-3/h6-9,11,13H,4-5,10H2,1-3H3. The molecule has 0 bridgehead atoms. The fourth-order valence-electron chi connectivity index (χ4n) is 2.05. The second-order valence-corrected chi connectivity index (χ2v) is 5.28. The summed E-state index contributed by atoms with van der Waals surface area (Å²) in [6.45, 7) is 4.51. The van der Waals surface area contributed by atoms with Gasteiger partial charge in [-0.25, -0.2) is 0 Å². The largest absolute Gasteiger partial charge is 0.496 e. The number of rotatable bonds is 6. The number of ether oxygens (including phenoxy) is 1. The van der Waals surface area contributed by atoms with Crippen LogP contribution in [0.5, 0.6) is 5.75 Å². The monoisotopic (exact) mass is 284 g/mol. The molecule has 0 heterocycles. The van der Waals surface area contributed by atoms with E-state index in [4.69, 9.17) is 4.74 Å². The van der Waals surface area contributed by atoms with E-state index in [0.29, 0.717) is 4.83 Å². The van der Waals surface area contributed by atoms with Crippen molar-refractivity contribution in [2.45, 2.75) is 37.9 Å². The molecule has 90 valence electrons. The van der Waals surface area contributed by atoms with E-state index in [2.05, 4.69) is 41.9 Å². The highest BCUT2D eigenvalue weighted by atomic mass is 79.9. The van der Waals surface area contributed by atoms with E-state index in [-0.39, 0.29) is 0 Å². The van der Waals surface area contributed by atoms with E-state index in [1.165, 1.54) is 18.4 Å². The molecule has 0 spiro atoms. The number of hydrogen-bond acceptors (Lipinski definition) is 1. The summed E-state index contributed by atoms with van der Waals surface area (Å²) in [6, 6.07) is 8.27. The minimum atomic E-state index is 0.541. The zero-order chi connectivity index (χ0) is 12.0. The molecule has 1 atom stereocenters. The normalized spacial score (nSPS) is 12.8. The van der Waals surface area contributed by atoms with Gasteiger partial charge in [0.05, 0.1) is 7.11 Å². The van der Waals surface area contributed by atoms with Crippen LogP contribution in [0.25, 0.3) is 0 Å². The number of para-hydroxylation sites is 1. The Labute approximate surface area is 107 Å². The van der Waals surface area contributed by atoms with Crippen molar-refractivity contribution in [3.8, 4) is 5.75 Å². The van der Waals surface area contributed by atoms with Gasteiger partial charge in [-0.15, -0.1) is 0 Å². The van der Waals surface area contributed by atoms with Crippen LogP contribution in [0.2, 0.25) is 0 Å². The second kappa shape index (κ2) is 6.95. The average Bonchev–Trinajstić information content (AvgIpc) is 2.31. The molecule has 0 fully saturated rings. The van der Waals surface area contributed by atoms with E-state index in [9.17, 15) is 0 Å². The summed E-state index contributed by atoms with van der Waals surface area (Å²) < 4.78 is 5.37. The lowest BCUT2D eigenvalue weighted by molar-refractivity contribution is 0.405. The zero-order valence-electron chi connectivity index (χ0n) is 10.4. The molecule has 0 N–H and O–H groups in total. The molecule has 0 saturated heterocycles. The van der Waals surface area contributed by atoms with Gasteiger partial charge >= 0.3 is 0 Å². The third-order valence-corrected chi connectivity index (χ3v) is 4.24. The predicted molar refractivity (Wildman–Crippen MR) is 73.5 cm³/mol.